The summed E-state index contributed by atoms with van der Waals surface area (Å²) in [7, 11) is 0. The highest BCUT2D eigenvalue weighted by Crippen LogP contribution is 2.20. The maximum atomic E-state index is 11.0. The molecular formula is C15H13N3O2. The largest absolute Gasteiger partial charge is 0.346 e. The Bertz CT molecular complexity index is 764. The van der Waals surface area contributed by atoms with Crippen LogP contribution in [0.3, 0.4) is 0 Å². The van der Waals surface area contributed by atoms with E-state index in [9.17, 15) is 10.1 Å². The third-order valence-corrected chi connectivity index (χ3v) is 3.35. The second-order valence-electron chi connectivity index (χ2n) is 4.55. The third-order valence-electron chi connectivity index (χ3n) is 3.35. The van der Waals surface area contributed by atoms with E-state index < -0.39 is 0 Å². The Balaban J connectivity index is 1.85. The molecule has 0 bridgehead atoms. The van der Waals surface area contributed by atoms with Crippen LogP contribution in [0.2, 0.25) is 0 Å². The highest BCUT2D eigenvalue weighted by Gasteiger charge is 2.12. The Kier molecular flexibility index (Phi) is 3.16. The summed E-state index contributed by atoms with van der Waals surface area (Å²) in [5.74, 6) is 0. The number of nitro benzene ring substituents is 1. The number of pyridine rings is 1. The van der Waals surface area contributed by atoms with Gasteiger partial charge in [-0.2, -0.15) is 0 Å². The molecule has 20 heavy (non-hydrogen) atoms. The SMILES string of the molecule is O=[N+]([O-])c1ccccc1CCn1ccc2ncccc21. The number of benzene rings is 1. The molecule has 0 spiro atoms. The van der Waals surface area contributed by atoms with Gasteiger partial charge >= 0.3 is 0 Å². The Morgan fingerprint density at radius 3 is 2.85 bits per heavy atom. The van der Waals surface area contributed by atoms with Gasteiger partial charge in [-0.25, -0.2) is 0 Å². The number of fused-ring (bicyclic) bond motifs is 1. The van der Waals surface area contributed by atoms with E-state index >= 15 is 0 Å². The highest BCUT2D eigenvalue weighted by molar-refractivity contribution is 5.75. The minimum Gasteiger partial charge on any atom is -0.346 e. The molecule has 0 saturated heterocycles. The minimum atomic E-state index is -0.329. The van der Waals surface area contributed by atoms with Gasteiger partial charge in [0.1, 0.15) is 0 Å². The number of hydrogen-bond donors (Lipinski definition) is 0. The first kappa shape index (κ1) is 12.3. The molecule has 0 aliphatic carbocycles. The summed E-state index contributed by atoms with van der Waals surface area (Å²) in [5.41, 5.74) is 2.92. The van der Waals surface area contributed by atoms with Crippen LogP contribution in [0.4, 0.5) is 5.69 Å². The van der Waals surface area contributed by atoms with Crippen molar-refractivity contribution in [3.05, 3.63) is 70.5 Å². The molecule has 5 heteroatoms. The lowest BCUT2D eigenvalue weighted by Gasteiger charge is -2.06. The fraction of sp³-hybridized carbons (Fsp3) is 0.133. The van der Waals surface area contributed by atoms with Gasteiger partial charge in [-0.05, 0) is 24.6 Å². The Morgan fingerprint density at radius 1 is 1.15 bits per heavy atom. The molecule has 2 aromatic heterocycles. The topological polar surface area (TPSA) is 61.0 Å². The maximum Gasteiger partial charge on any atom is 0.272 e. The number of para-hydroxylation sites is 1. The molecule has 0 radical (unpaired) electrons. The molecule has 0 aliphatic heterocycles. The predicted octanol–water partition coefficient (Wildman–Crippen LogP) is 3.19. The minimum absolute atomic E-state index is 0.182. The van der Waals surface area contributed by atoms with E-state index in [1.165, 1.54) is 0 Å². The monoisotopic (exact) mass is 267 g/mol. The fourth-order valence-corrected chi connectivity index (χ4v) is 2.36. The molecule has 0 unspecified atom stereocenters. The summed E-state index contributed by atoms with van der Waals surface area (Å²) in [6, 6.07) is 12.7. The van der Waals surface area contributed by atoms with Gasteiger partial charge in [-0.3, -0.25) is 15.1 Å². The van der Waals surface area contributed by atoms with Crippen molar-refractivity contribution in [1.82, 2.24) is 9.55 Å². The van der Waals surface area contributed by atoms with Crippen LogP contribution in [0.25, 0.3) is 11.0 Å². The predicted molar refractivity (Wildman–Crippen MR) is 76.5 cm³/mol. The van der Waals surface area contributed by atoms with Crippen LogP contribution in [-0.2, 0) is 13.0 Å². The van der Waals surface area contributed by atoms with Crippen molar-refractivity contribution < 1.29 is 4.92 Å². The maximum absolute atomic E-state index is 11.0. The van der Waals surface area contributed by atoms with Crippen LogP contribution in [-0.4, -0.2) is 14.5 Å². The van der Waals surface area contributed by atoms with Gasteiger partial charge in [0.15, 0.2) is 0 Å². The summed E-state index contributed by atoms with van der Waals surface area (Å²) in [5, 5.41) is 11.0. The van der Waals surface area contributed by atoms with Gasteiger partial charge in [-0.1, -0.05) is 18.2 Å². The van der Waals surface area contributed by atoms with Crippen molar-refractivity contribution in [2.24, 2.45) is 0 Å². The van der Waals surface area contributed by atoms with Crippen molar-refractivity contribution in [3.8, 4) is 0 Å². The summed E-state index contributed by atoms with van der Waals surface area (Å²) >= 11 is 0. The van der Waals surface area contributed by atoms with Crippen molar-refractivity contribution in [2.75, 3.05) is 0 Å². The fourth-order valence-electron chi connectivity index (χ4n) is 2.36. The highest BCUT2D eigenvalue weighted by atomic mass is 16.6. The quantitative estimate of drug-likeness (QED) is 0.538. The standard InChI is InChI=1S/C15H13N3O2/c19-18(20)14-5-2-1-4-12(14)7-10-17-11-8-13-15(17)6-3-9-16-13/h1-6,8-9,11H,7,10H2. The summed E-state index contributed by atoms with van der Waals surface area (Å²) < 4.78 is 2.07. The molecule has 0 atom stereocenters. The van der Waals surface area contributed by atoms with Crippen molar-refractivity contribution in [1.29, 1.82) is 0 Å². The van der Waals surface area contributed by atoms with Gasteiger partial charge in [0.25, 0.3) is 5.69 Å². The first-order valence-electron chi connectivity index (χ1n) is 6.38. The van der Waals surface area contributed by atoms with Crippen molar-refractivity contribution in [3.63, 3.8) is 0 Å². The average Bonchev–Trinajstić information content (AvgIpc) is 2.88. The first-order chi connectivity index (χ1) is 9.75. The molecule has 0 saturated carbocycles. The second kappa shape index (κ2) is 5.13. The molecule has 3 rings (SSSR count). The smallest absolute Gasteiger partial charge is 0.272 e. The van der Waals surface area contributed by atoms with E-state index in [0.717, 1.165) is 16.6 Å². The Morgan fingerprint density at radius 2 is 2.00 bits per heavy atom. The summed E-state index contributed by atoms with van der Waals surface area (Å²) in [6.07, 6.45) is 4.34. The van der Waals surface area contributed by atoms with Crippen LogP contribution in [0.5, 0.6) is 0 Å². The van der Waals surface area contributed by atoms with E-state index in [-0.39, 0.29) is 10.6 Å². The lowest BCUT2D eigenvalue weighted by Crippen LogP contribution is -2.02. The molecular weight excluding hydrogens is 254 g/mol. The molecule has 0 N–H and O–H groups in total. The summed E-state index contributed by atoms with van der Waals surface area (Å²) in [4.78, 5) is 14.9. The van der Waals surface area contributed by atoms with Crippen molar-refractivity contribution >= 4 is 16.7 Å². The number of hydrogen-bond acceptors (Lipinski definition) is 3. The van der Waals surface area contributed by atoms with E-state index in [1.54, 1.807) is 18.3 Å². The van der Waals surface area contributed by atoms with Gasteiger partial charge in [0.05, 0.1) is 16.0 Å². The van der Waals surface area contributed by atoms with E-state index in [1.807, 2.05) is 36.5 Å². The van der Waals surface area contributed by atoms with Gasteiger partial charge < -0.3 is 4.57 Å². The lowest BCUT2D eigenvalue weighted by molar-refractivity contribution is -0.385. The number of nitrogens with zero attached hydrogens (tertiary/aromatic N) is 3. The van der Waals surface area contributed by atoms with Crippen LogP contribution in [0, 0.1) is 10.1 Å². The second-order valence-corrected chi connectivity index (χ2v) is 4.55. The number of nitro groups is 1. The van der Waals surface area contributed by atoms with Crippen LogP contribution in [0.15, 0.2) is 54.9 Å². The summed E-state index contributed by atoms with van der Waals surface area (Å²) in [6.45, 7) is 0.694. The molecule has 1 aromatic carbocycles. The van der Waals surface area contributed by atoms with Crippen LogP contribution in [0.1, 0.15) is 5.56 Å². The molecule has 0 fully saturated rings. The molecule has 2 heterocycles. The van der Waals surface area contributed by atoms with Crippen molar-refractivity contribution in [2.45, 2.75) is 13.0 Å². The van der Waals surface area contributed by atoms with Crippen LogP contribution >= 0.6 is 0 Å². The van der Waals surface area contributed by atoms with Crippen LogP contribution < -0.4 is 0 Å². The molecule has 0 amide bonds. The normalized spacial score (nSPS) is 10.8. The molecule has 5 nitrogen and oxygen atoms in total. The average molecular weight is 267 g/mol. The van der Waals surface area contributed by atoms with E-state index in [4.69, 9.17) is 0 Å². The zero-order valence-electron chi connectivity index (χ0n) is 10.8. The molecule has 100 valence electrons. The van der Waals surface area contributed by atoms with E-state index in [0.29, 0.717) is 13.0 Å². The lowest BCUT2D eigenvalue weighted by atomic mass is 10.1. The van der Waals surface area contributed by atoms with Gasteiger partial charge in [0.2, 0.25) is 0 Å². The number of aromatic nitrogens is 2. The van der Waals surface area contributed by atoms with Gasteiger partial charge in [0, 0.05) is 30.6 Å². The third kappa shape index (κ3) is 2.25. The zero-order valence-corrected chi connectivity index (χ0v) is 10.8. The molecule has 3 aromatic rings. The Hall–Kier alpha value is -2.69. The number of rotatable bonds is 4. The zero-order chi connectivity index (χ0) is 13.9. The number of aryl methyl sites for hydroxylation is 2. The van der Waals surface area contributed by atoms with Gasteiger partial charge in [-0.15, -0.1) is 0 Å². The van der Waals surface area contributed by atoms with E-state index in [2.05, 4.69) is 9.55 Å². The molecule has 0 aliphatic rings. The first-order valence-corrected chi connectivity index (χ1v) is 6.38. The Labute approximate surface area is 115 Å².